The van der Waals surface area contributed by atoms with Gasteiger partial charge in [-0.25, -0.2) is 14.8 Å². The molecule has 0 radical (unpaired) electrons. The predicted octanol–water partition coefficient (Wildman–Crippen LogP) is 7.06. The minimum atomic E-state index is -0.676. The number of likely N-dealkylation sites (tertiary alicyclic amines) is 1. The monoisotopic (exact) mass is 754 g/mol. The molecule has 3 fully saturated rings. The van der Waals surface area contributed by atoms with E-state index in [1.807, 2.05) is 43.3 Å². The second kappa shape index (κ2) is 16.1. The van der Waals surface area contributed by atoms with Crippen LogP contribution in [0.2, 0.25) is 0 Å². The molecule has 3 aromatic heterocycles. The normalized spacial score (nSPS) is 22.0. The van der Waals surface area contributed by atoms with Crippen LogP contribution < -0.4 is 10.6 Å². The third-order valence-corrected chi connectivity index (χ3v) is 12.2. The number of methoxy groups -OCH3 is 1. The molecule has 2 bridgehead atoms. The van der Waals surface area contributed by atoms with E-state index in [-0.39, 0.29) is 35.6 Å². The Hall–Kier alpha value is -5.78. The lowest BCUT2D eigenvalue weighted by Crippen LogP contribution is -2.51. The summed E-state index contributed by atoms with van der Waals surface area (Å²) in [5.74, 6) is 2.54. The van der Waals surface area contributed by atoms with E-state index in [0.29, 0.717) is 24.9 Å². The molecule has 0 spiro atoms. The van der Waals surface area contributed by atoms with Gasteiger partial charge in [-0.3, -0.25) is 14.6 Å². The van der Waals surface area contributed by atoms with Gasteiger partial charge in [0.05, 0.1) is 42.9 Å². The van der Waals surface area contributed by atoms with Gasteiger partial charge in [-0.1, -0.05) is 62.4 Å². The number of aromatic nitrogens is 5. The number of hydrogen-bond acceptors (Lipinski definition) is 7. The molecular weight excluding hydrogens is 705 g/mol. The lowest BCUT2D eigenvalue weighted by Gasteiger charge is -2.30. The van der Waals surface area contributed by atoms with E-state index >= 15 is 0 Å². The van der Waals surface area contributed by atoms with Gasteiger partial charge >= 0.3 is 6.09 Å². The first kappa shape index (κ1) is 37.2. The first-order valence-electron chi connectivity index (χ1n) is 19.9. The zero-order valence-electron chi connectivity index (χ0n) is 32.2. The third kappa shape index (κ3) is 7.56. The van der Waals surface area contributed by atoms with E-state index in [1.165, 1.54) is 12.7 Å². The number of carbonyl (C=O) groups excluding carboxylic acids is 3. The van der Waals surface area contributed by atoms with Crippen LogP contribution in [0.5, 0.6) is 0 Å². The van der Waals surface area contributed by atoms with Gasteiger partial charge < -0.3 is 30.2 Å². The van der Waals surface area contributed by atoms with Crippen molar-refractivity contribution in [3.63, 3.8) is 0 Å². The molecule has 6 atom stereocenters. The Balaban J connectivity index is 0.906. The van der Waals surface area contributed by atoms with Crippen molar-refractivity contribution in [2.24, 2.45) is 23.7 Å². The quantitative estimate of drug-likeness (QED) is 0.106. The molecule has 5 aromatic rings. The van der Waals surface area contributed by atoms with E-state index in [4.69, 9.17) is 9.72 Å². The van der Waals surface area contributed by atoms with Crippen LogP contribution in [0.4, 0.5) is 4.79 Å². The van der Waals surface area contributed by atoms with Crippen molar-refractivity contribution in [2.75, 3.05) is 20.2 Å². The highest BCUT2D eigenvalue weighted by molar-refractivity contribution is 5.86. The number of amides is 3. The SMILES string of the molecule is COC(=O)N[C@H](C(=O)N1CCC[C@H]1c1ncc(-c2ccc(-c3ccc(-c4cnc(C5C6CCC(C6)C5C(=O)NCCc5ccncc5)[nH]4)cc3)cc2)[nH]1)C(C)C. The number of benzene rings is 2. The molecule has 290 valence electrons. The van der Waals surface area contributed by atoms with E-state index in [9.17, 15) is 14.4 Å². The third-order valence-electron chi connectivity index (χ3n) is 12.2. The second-order valence-electron chi connectivity index (χ2n) is 15.8. The Kier molecular flexibility index (Phi) is 10.7. The molecule has 3 amide bonds. The number of fused-ring (bicyclic) bond motifs is 2. The number of aromatic amines is 2. The van der Waals surface area contributed by atoms with Crippen LogP contribution in [0.25, 0.3) is 33.6 Å². The summed E-state index contributed by atoms with van der Waals surface area (Å²) < 4.78 is 4.76. The zero-order valence-corrected chi connectivity index (χ0v) is 32.2. The molecule has 1 aliphatic heterocycles. The first-order valence-corrected chi connectivity index (χ1v) is 19.9. The summed E-state index contributed by atoms with van der Waals surface area (Å²) in [5, 5.41) is 5.93. The van der Waals surface area contributed by atoms with Gasteiger partial charge in [0.1, 0.15) is 17.7 Å². The number of carbonyl (C=O) groups is 3. The summed E-state index contributed by atoms with van der Waals surface area (Å²) in [5.41, 5.74) is 7.25. The summed E-state index contributed by atoms with van der Waals surface area (Å²) in [6.07, 6.45) is 12.5. The summed E-state index contributed by atoms with van der Waals surface area (Å²) in [4.78, 5) is 61.5. The molecule has 3 aliphatic rings. The maximum atomic E-state index is 13.5. The number of rotatable bonds is 12. The summed E-state index contributed by atoms with van der Waals surface area (Å²) >= 11 is 0. The molecule has 4 unspecified atom stereocenters. The molecular formula is C44H50N8O4. The van der Waals surface area contributed by atoms with Crippen LogP contribution in [-0.2, 0) is 20.7 Å². The lowest BCUT2D eigenvalue weighted by molar-refractivity contribution is -0.135. The molecule has 4 heterocycles. The average Bonchev–Trinajstić information content (AvgIpc) is 4.09. The van der Waals surface area contributed by atoms with Gasteiger partial charge in [0.15, 0.2) is 0 Å². The number of nitrogens with zero attached hydrogens (tertiary/aromatic N) is 4. The second-order valence-corrected chi connectivity index (χ2v) is 15.8. The Labute approximate surface area is 327 Å². The van der Waals surface area contributed by atoms with Crippen molar-refractivity contribution < 1.29 is 19.1 Å². The number of imidazole rings is 2. The molecule has 1 saturated heterocycles. The highest BCUT2D eigenvalue weighted by atomic mass is 16.5. The largest absolute Gasteiger partial charge is 0.453 e. The number of hydrogen-bond donors (Lipinski definition) is 4. The van der Waals surface area contributed by atoms with Crippen molar-refractivity contribution >= 4 is 17.9 Å². The molecule has 2 aliphatic carbocycles. The Bertz CT molecular complexity index is 2150. The molecule has 8 rings (SSSR count). The van der Waals surface area contributed by atoms with Crippen molar-refractivity contribution in [1.82, 2.24) is 40.5 Å². The maximum absolute atomic E-state index is 13.5. The minimum Gasteiger partial charge on any atom is -0.453 e. The van der Waals surface area contributed by atoms with Crippen molar-refractivity contribution in [2.45, 2.75) is 70.4 Å². The number of H-pyrrole nitrogens is 2. The first-order chi connectivity index (χ1) is 27.3. The Morgan fingerprint density at radius 1 is 0.821 bits per heavy atom. The smallest absolute Gasteiger partial charge is 0.407 e. The fraction of sp³-hybridized carbons (Fsp3) is 0.409. The van der Waals surface area contributed by atoms with Crippen LogP contribution in [0.15, 0.2) is 85.5 Å². The fourth-order valence-electron chi connectivity index (χ4n) is 9.24. The van der Waals surface area contributed by atoms with Gasteiger partial charge in [0.2, 0.25) is 11.8 Å². The minimum absolute atomic E-state index is 0.0511. The van der Waals surface area contributed by atoms with Crippen LogP contribution in [0.3, 0.4) is 0 Å². The molecule has 12 nitrogen and oxygen atoms in total. The summed E-state index contributed by atoms with van der Waals surface area (Å²) in [7, 11) is 1.30. The standard InChI is InChI=1S/C44H50N8O4/c1-26(2)39(51-44(55)56-3)43(54)52-22-4-5-36(52)40-47-24-34(49-40)30-10-6-28(7-11-30)29-8-12-31(13-9-29)35-25-48-41(50-35)37-32-14-15-33(23-32)38(37)42(53)46-21-18-27-16-19-45-20-17-27/h6-13,16-17,19-20,24-26,32-33,36-39H,4-5,14-15,18,21-23H2,1-3H3,(H,46,53)(H,47,49)(H,48,50)(H,51,55)/t32?,33?,36-,37?,38?,39-/m0/s1. The van der Waals surface area contributed by atoms with E-state index in [2.05, 4.69) is 79.1 Å². The molecule has 2 saturated carbocycles. The van der Waals surface area contributed by atoms with Crippen molar-refractivity contribution in [3.05, 3.63) is 103 Å². The maximum Gasteiger partial charge on any atom is 0.407 e. The van der Waals surface area contributed by atoms with Gasteiger partial charge in [-0.15, -0.1) is 0 Å². The number of alkyl carbamates (subject to hydrolysis) is 1. The Morgan fingerprint density at radius 2 is 1.43 bits per heavy atom. The van der Waals surface area contributed by atoms with Gasteiger partial charge in [-0.05, 0) is 96.2 Å². The van der Waals surface area contributed by atoms with Gasteiger partial charge in [0, 0.05) is 31.4 Å². The zero-order chi connectivity index (χ0) is 38.8. The van der Waals surface area contributed by atoms with Gasteiger partial charge in [0.25, 0.3) is 0 Å². The predicted molar refractivity (Wildman–Crippen MR) is 213 cm³/mol. The van der Waals surface area contributed by atoms with E-state index in [0.717, 1.165) is 83.8 Å². The van der Waals surface area contributed by atoms with Crippen molar-refractivity contribution in [3.8, 4) is 33.6 Å². The van der Waals surface area contributed by atoms with Crippen LogP contribution in [-0.4, -0.2) is 74.0 Å². The van der Waals surface area contributed by atoms with E-state index < -0.39 is 12.1 Å². The summed E-state index contributed by atoms with van der Waals surface area (Å²) in [6, 6.07) is 20.0. The fourth-order valence-corrected chi connectivity index (χ4v) is 9.24. The van der Waals surface area contributed by atoms with Crippen molar-refractivity contribution in [1.29, 1.82) is 0 Å². The highest BCUT2D eigenvalue weighted by Gasteiger charge is 2.52. The number of nitrogens with one attached hydrogen (secondary N) is 4. The average molecular weight is 755 g/mol. The van der Waals surface area contributed by atoms with Crippen LogP contribution in [0.1, 0.15) is 75.1 Å². The Morgan fingerprint density at radius 3 is 2.07 bits per heavy atom. The molecule has 12 heteroatoms. The van der Waals surface area contributed by atoms with Gasteiger partial charge in [-0.2, -0.15) is 0 Å². The number of pyridine rings is 1. The van der Waals surface area contributed by atoms with Crippen LogP contribution in [0, 0.1) is 23.7 Å². The highest BCUT2D eigenvalue weighted by Crippen LogP contribution is 2.56. The van der Waals surface area contributed by atoms with E-state index in [1.54, 1.807) is 12.4 Å². The topological polar surface area (TPSA) is 158 Å². The van der Waals surface area contributed by atoms with Crippen LogP contribution >= 0.6 is 0 Å². The number of ether oxygens (including phenoxy) is 1. The lowest BCUT2D eigenvalue weighted by atomic mass is 9.78. The molecule has 4 N–H and O–H groups in total. The molecule has 56 heavy (non-hydrogen) atoms. The molecule has 2 aromatic carbocycles. The summed E-state index contributed by atoms with van der Waals surface area (Å²) in [6.45, 7) is 5.05.